The van der Waals surface area contributed by atoms with Gasteiger partial charge in [0.2, 0.25) is 5.91 Å². The monoisotopic (exact) mass is 495 g/mol. The largest absolute Gasteiger partial charge is 0.352 e. The Morgan fingerprint density at radius 3 is 2.22 bits per heavy atom. The van der Waals surface area contributed by atoms with Crippen molar-refractivity contribution in [3.05, 3.63) is 69.7 Å². The molecule has 0 radical (unpaired) electrons. The smallest absolute Gasteiger partial charge is 0.253 e. The molecule has 0 saturated heterocycles. The zero-order valence-corrected chi connectivity index (χ0v) is 21.1. The van der Waals surface area contributed by atoms with E-state index in [0.29, 0.717) is 28.6 Å². The molecule has 0 aliphatic carbocycles. The Kier molecular flexibility index (Phi) is 11.4. The molecule has 174 valence electrons. The first-order valence-corrected chi connectivity index (χ1v) is 12.9. The summed E-state index contributed by atoms with van der Waals surface area (Å²) in [6, 6.07) is 13.8. The number of thioether (sulfide) groups is 1. The van der Waals surface area contributed by atoms with Crippen LogP contribution in [0.4, 0.5) is 0 Å². The molecule has 0 bridgehead atoms. The van der Waals surface area contributed by atoms with Gasteiger partial charge >= 0.3 is 0 Å². The fraction of sp³-hybridized carbons (Fsp3) is 0.417. The van der Waals surface area contributed by atoms with Crippen LogP contribution in [-0.4, -0.2) is 54.4 Å². The number of amides is 2. The quantitative estimate of drug-likeness (QED) is 0.432. The summed E-state index contributed by atoms with van der Waals surface area (Å²) in [7, 11) is 0. The number of likely N-dealkylation sites (N-methyl/N-ethyl adjacent to an activating group) is 1. The molecule has 2 unspecified atom stereocenters. The summed E-state index contributed by atoms with van der Waals surface area (Å²) in [5.41, 5.74) is 1.33. The highest BCUT2D eigenvalue weighted by Gasteiger charge is 2.25. The van der Waals surface area contributed by atoms with Crippen molar-refractivity contribution in [3.63, 3.8) is 0 Å². The molecule has 2 aromatic rings. The molecule has 0 spiro atoms. The molecule has 2 amide bonds. The molecule has 0 aliphatic heterocycles. The molecule has 2 N–H and O–H groups in total. The van der Waals surface area contributed by atoms with Gasteiger partial charge in [-0.3, -0.25) is 14.5 Å². The maximum Gasteiger partial charge on any atom is 0.253 e. The van der Waals surface area contributed by atoms with Crippen LogP contribution in [0.5, 0.6) is 0 Å². The summed E-state index contributed by atoms with van der Waals surface area (Å²) < 4.78 is 0. The van der Waals surface area contributed by atoms with Gasteiger partial charge in [0.1, 0.15) is 6.04 Å². The minimum Gasteiger partial charge on any atom is -0.352 e. The Bertz CT molecular complexity index is 893. The number of rotatable bonds is 12. The zero-order valence-electron chi connectivity index (χ0n) is 18.7. The predicted octanol–water partition coefficient (Wildman–Crippen LogP) is 5.04. The van der Waals surface area contributed by atoms with Gasteiger partial charge in [0.15, 0.2) is 0 Å². The molecular formula is C24H31Cl2N3O2S. The van der Waals surface area contributed by atoms with E-state index in [0.717, 1.165) is 24.4 Å². The van der Waals surface area contributed by atoms with Crippen LogP contribution in [0, 0.1) is 0 Å². The first-order valence-electron chi connectivity index (χ1n) is 10.7. The van der Waals surface area contributed by atoms with Gasteiger partial charge in [0.25, 0.3) is 5.91 Å². The summed E-state index contributed by atoms with van der Waals surface area (Å²) in [5.74, 6) is 0.164. The molecule has 8 heteroatoms. The first kappa shape index (κ1) is 26.5. The number of nitrogens with zero attached hydrogens (tertiary/aromatic N) is 1. The highest BCUT2D eigenvalue weighted by molar-refractivity contribution is 7.98. The van der Waals surface area contributed by atoms with E-state index >= 15 is 0 Å². The first-order chi connectivity index (χ1) is 15.4. The average Bonchev–Trinajstić information content (AvgIpc) is 2.80. The third-order valence-corrected chi connectivity index (χ3v) is 6.66. The zero-order chi connectivity index (χ0) is 23.5. The van der Waals surface area contributed by atoms with Crippen molar-refractivity contribution < 1.29 is 9.59 Å². The Morgan fingerprint density at radius 2 is 1.62 bits per heavy atom. The van der Waals surface area contributed by atoms with E-state index in [1.165, 1.54) is 0 Å². The Balaban J connectivity index is 2.15. The number of benzene rings is 2. The number of halogens is 2. The Hall–Kier alpha value is -1.73. The number of nitrogens with one attached hydrogen (secondary N) is 2. The van der Waals surface area contributed by atoms with Crippen LogP contribution in [-0.2, 0) is 4.79 Å². The van der Waals surface area contributed by atoms with E-state index in [-0.39, 0.29) is 17.9 Å². The molecule has 0 heterocycles. The molecule has 2 atom stereocenters. The average molecular weight is 497 g/mol. The number of carbonyl (C=O) groups excluding carboxylic acids is 2. The maximum atomic E-state index is 13.1. The molecule has 0 aromatic heterocycles. The Morgan fingerprint density at radius 1 is 1.00 bits per heavy atom. The second-order valence-electron chi connectivity index (χ2n) is 7.29. The van der Waals surface area contributed by atoms with Gasteiger partial charge in [-0.1, -0.05) is 67.4 Å². The lowest BCUT2D eigenvalue weighted by Crippen LogP contribution is -2.49. The van der Waals surface area contributed by atoms with Crippen LogP contribution in [0.3, 0.4) is 0 Å². The van der Waals surface area contributed by atoms with Crippen LogP contribution in [0.1, 0.15) is 42.2 Å². The van der Waals surface area contributed by atoms with Crippen molar-refractivity contribution in [2.24, 2.45) is 0 Å². The summed E-state index contributed by atoms with van der Waals surface area (Å²) in [5, 5.41) is 6.92. The van der Waals surface area contributed by atoms with Gasteiger partial charge in [-0.05, 0) is 55.3 Å². The highest BCUT2D eigenvalue weighted by atomic mass is 35.5. The fourth-order valence-electron chi connectivity index (χ4n) is 3.55. The van der Waals surface area contributed by atoms with Gasteiger partial charge in [-0.15, -0.1) is 0 Å². The van der Waals surface area contributed by atoms with Crippen LogP contribution < -0.4 is 10.6 Å². The van der Waals surface area contributed by atoms with E-state index < -0.39 is 6.04 Å². The SMILES string of the molecule is CCN(CC)C(CNC(=O)C(CCSC)NC(=O)c1ccccc1Cl)c1ccccc1Cl. The van der Waals surface area contributed by atoms with Crippen molar-refractivity contribution >= 4 is 46.8 Å². The van der Waals surface area contributed by atoms with Crippen molar-refractivity contribution in [1.29, 1.82) is 0 Å². The molecule has 2 aromatic carbocycles. The minimum absolute atomic E-state index is 0.0666. The molecule has 0 aliphatic rings. The minimum atomic E-state index is -0.658. The lowest BCUT2D eigenvalue weighted by Gasteiger charge is -2.31. The third-order valence-electron chi connectivity index (χ3n) is 5.34. The van der Waals surface area contributed by atoms with Crippen molar-refractivity contribution in [3.8, 4) is 0 Å². The van der Waals surface area contributed by atoms with E-state index in [1.807, 2.05) is 30.5 Å². The molecule has 5 nitrogen and oxygen atoms in total. The normalized spacial score (nSPS) is 12.9. The van der Waals surface area contributed by atoms with E-state index in [4.69, 9.17) is 23.2 Å². The van der Waals surface area contributed by atoms with Crippen LogP contribution >= 0.6 is 35.0 Å². The Labute approximate surface area is 205 Å². The van der Waals surface area contributed by atoms with Gasteiger partial charge in [-0.25, -0.2) is 0 Å². The molecule has 32 heavy (non-hydrogen) atoms. The highest BCUT2D eigenvalue weighted by Crippen LogP contribution is 2.27. The number of hydrogen-bond acceptors (Lipinski definition) is 4. The molecule has 0 fully saturated rings. The van der Waals surface area contributed by atoms with E-state index in [2.05, 4.69) is 29.4 Å². The summed E-state index contributed by atoms with van der Waals surface area (Å²) in [6.45, 7) is 6.20. The fourth-order valence-corrected chi connectivity index (χ4v) is 4.51. The van der Waals surface area contributed by atoms with Crippen molar-refractivity contribution in [2.45, 2.75) is 32.4 Å². The van der Waals surface area contributed by atoms with Crippen molar-refractivity contribution in [2.75, 3.05) is 31.6 Å². The summed E-state index contributed by atoms with van der Waals surface area (Å²) >= 11 is 14.2. The second kappa shape index (κ2) is 13.7. The second-order valence-corrected chi connectivity index (χ2v) is 9.09. The third kappa shape index (κ3) is 7.41. The van der Waals surface area contributed by atoms with Gasteiger partial charge in [0, 0.05) is 11.6 Å². The maximum absolute atomic E-state index is 13.1. The van der Waals surface area contributed by atoms with Gasteiger partial charge < -0.3 is 10.6 Å². The van der Waals surface area contributed by atoms with Crippen LogP contribution in [0.2, 0.25) is 10.0 Å². The number of hydrogen-bond donors (Lipinski definition) is 2. The number of carbonyl (C=O) groups is 2. The summed E-state index contributed by atoms with van der Waals surface area (Å²) in [6.07, 6.45) is 2.49. The van der Waals surface area contributed by atoms with Gasteiger partial charge in [0.05, 0.1) is 16.6 Å². The van der Waals surface area contributed by atoms with Crippen LogP contribution in [0.15, 0.2) is 48.5 Å². The van der Waals surface area contributed by atoms with E-state index in [1.54, 1.807) is 36.0 Å². The van der Waals surface area contributed by atoms with Crippen LogP contribution in [0.25, 0.3) is 0 Å². The van der Waals surface area contributed by atoms with Crippen molar-refractivity contribution in [1.82, 2.24) is 15.5 Å². The molecule has 0 saturated carbocycles. The standard InChI is InChI=1S/C24H31Cl2N3O2S/c1-4-29(5-2)22(17-10-6-8-12-19(17)25)16-27-24(31)21(14-15-32-3)28-23(30)18-11-7-9-13-20(18)26/h6-13,21-22H,4-5,14-16H2,1-3H3,(H,27,31)(H,28,30). The lowest BCUT2D eigenvalue weighted by atomic mass is 10.0. The molecular weight excluding hydrogens is 465 g/mol. The topological polar surface area (TPSA) is 61.4 Å². The van der Waals surface area contributed by atoms with E-state index in [9.17, 15) is 9.59 Å². The predicted molar refractivity (Wildman–Crippen MR) is 136 cm³/mol. The van der Waals surface area contributed by atoms with Gasteiger partial charge in [-0.2, -0.15) is 11.8 Å². The summed E-state index contributed by atoms with van der Waals surface area (Å²) in [4.78, 5) is 28.1. The molecule has 2 rings (SSSR count). The lowest BCUT2D eigenvalue weighted by molar-refractivity contribution is -0.123.